The fraction of sp³-hybridized carbons (Fsp3) is 0.0800. The lowest BCUT2D eigenvalue weighted by molar-refractivity contribution is 0.414. The maximum absolute atomic E-state index is 13.7. The number of methoxy groups -OCH3 is 1. The number of aromatic nitrogens is 3. The first kappa shape index (κ1) is 21.6. The second kappa shape index (κ2) is 8.27. The van der Waals surface area contributed by atoms with E-state index in [2.05, 4.69) is 15.1 Å². The van der Waals surface area contributed by atoms with Crippen LogP contribution in [-0.4, -0.2) is 36.4 Å². The highest BCUT2D eigenvalue weighted by molar-refractivity contribution is 7.92. The number of ether oxygens (including phenoxy) is 1. The Kier molecular flexibility index (Phi) is 5.25. The second-order valence-corrected chi connectivity index (χ2v) is 9.60. The van der Waals surface area contributed by atoms with Crippen molar-refractivity contribution in [3.8, 4) is 5.75 Å². The van der Waals surface area contributed by atoms with E-state index in [-0.39, 0.29) is 26.8 Å². The van der Waals surface area contributed by atoms with Crippen LogP contribution in [0.5, 0.6) is 5.75 Å². The van der Waals surface area contributed by atoms with Gasteiger partial charge in [0.2, 0.25) is 9.84 Å². The fourth-order valence-electron chi connectivity index (χ4n) is 3.80. The van der Waals surface area contributed by atoms with Crippen molar-refractivity contribution >= 4 is 44.1 Å². The van der Waals surface area contributed by atoms with Crippen LogP contribution in [0.4, 0.5) is 5.82 Å². The van der Waals surface area contributed by atoms with Crippen LogP contribution in [0.1, 0.15) is 11.1 Å². The number of nitrogen functional groups attached to an aromatic ring is 1. The number of hydrogen-bond acceptors (Lipinski definition) is 7. The molecule has 2 N–H and O–H groups in total. The number of para-hydroxylation sites is 3. The highest BCUT2D eigenvalue weighted by Crippen LogP contribution is 2.35. The first-order valence-electron chi connectivity index (χ1n) is 10.5. The van der Waals surface area contributed by atoms with Crippen LogP contribution < -0.4 is 10.5 Å². The number of anilines is 1. The van der Waals surface area contributed by atoms with Crippen molar-refractivity contribution in [3.63, 3.8) is 0 Å². The first-order chi connectivity index (χ1) is 16.4. The molecule has 9 heteroatoms. The minimum atomic E-state index is -4.01. The second-order valence-electron chi connectivity index (χ2n) is 7.72. The molecule has 5 aromatic rings. The van der Waals surface area contributed by atoms with Crippen molar-refractivity contribution in [1.82, 2.24) is 14.6 Å². The molecular weight excluding hydrogens is 450 g/mol. The number of fused-ring (bicyclic) bond motifs is 2. The molecule has 0 spiro atoms. The summed E-state index contributed by atoms with van der Waals surface area (Å²) in [4.78, 5) is 9.28. The normalized spacial score (nSPS) is 12.1. The number of sulfone groups is 1. The molecule has 2 heterocycles. The molecule has 0 bridgehead atoms. The smallest absolute Gasteiger partial charge is 0.212 e. The Labute approximate surface area is 196 Å². The van der Waals surface area contributed by atoms with E-state index >= 15 is 0 Å². The fourth-order valence-corrected chi connectivity index (χ4v) is 5.39. The third kappa shape index (κ3) is 3.56. The lowest BCUT2D eigenvalue weighted by Crippen LogP contribution is -2.07. The number of benzene rings is 3. The van der Waals surface area contributed by atoms with Crippen LogP contribution in [0.25, 0.3) is 22.2 Å². The first-order valence-corrected chi connectivity index (χ1v) is 11.9. The van der Waals surface area contributed by atoms with Gasteiger partial charge in [-0.2, -0.15) is 9.78 Å². The predicted molar refractivity (Wildman–Crippen MR) is 132 cm³/mol. The monoisotopic (exact) mass is 471 g/mol. The van der Waals surface area contributed by atoms with Gasteiger partial charge in [0.05, 0.1) is 29.3 Å². The third-order valence-electron chi connectivity index (χ3n) is 5.45. The summed E-state index contributed by atoms with van der Waals surface area (Å²) in [6, 6.07) is 21.2. The van der Waals surface area contributed by atoms with Crippen molar-refractivity contribution in [2.75, 3.05) is 12.8 Å². The highest BCUT2D eigenvalue weighted by Gasteiger charge is 2.30. The Bertz CT molecular complexity index is 1690. The zero-order valence-corrected chi connectivity index (χ0v) is 19.3. The average molecular weight is 472 g/mol. The van der Waals surface area contributed by atoms with Gasteiger partial charge >= 0.3 is 0 Å². The van der Waals surface area contributed by atoms with Gasteiger partial charge in [0.15, 0.2) is 5.65 Å². The zero-order valence-electron chi connectivity index (χ0n) is 18.5. The topological polar surface area (TPSA) is 112 Å². The molecule has 0 saturated carbocycles. The number of nitrogens with zero attached hydrogens (tertiary/aromatic N) is 4. The molecule has 0 aliphatic rings. The quantitative estimate of drug-likeness (QED) is 0.385. The van der Waals surface area contributed by atoms with Crippen LogP contribution in [0.15, 0.2) is 87.7 Å². The molecule has 3 aromatic carbocycles. The number of aryl methyl sites for hydroxylation is 1. The summed E-state index contributed by atoms with van der Waals surface area (Å²) in [5.41, 5.74) is 9.51. The minimum absolute atomic E-state index is 0.0713. The van der Waals surface area contributed by atoms with Crippen LogP contribution in [0.3, 0.4) is 0 Å². The van der Waals surface area contributed by atoms with Crippen molar-refractivity contribution < 1.29 is 13.2 Å². The van der Waals surface area contributed by atoms with Gasteiger partial charge in [-0.1, -0.05) is 36.4 Å². The molecule has 0 amide bonds. The Balaban J connectivity index is 1.80. The summed E-state index contributed by atoms with van der Waals surface area (Å²) in [5, 5.41) is 4.48. The molecule has 0 atom stereocenters. The lowest BCUT2D eigenvalue weighted by Gasteiger charge is -2.06. The molecule has 0 aliphatic heterocycles. The Morgan fingerprint density at radius 3 is 2.41 bits per heavy atom. The van der Waals surface area contributed by atoms with E-state index < -0.39 is 9.84 Å². The molecule has 0 unspecified atom stereocenters. The summed E-state index contributed by atoms with van der Waals surface area (Å²) in [7, 11) is -2.44. The molecule has 0 aliphatic carbocycles. The van der Waals surface area contributed by atoms with Gasteiger partial charge in [0.25, 0.3) is 0 Å². The van der Waals surface area contributed by atoms with Crippen molar-refractivity contribution in [2.24, 2.45) is 5.10 Å². The van der Waals surface area contributed by atoms with E-state index in [9.17, 15) is 8.42 Å². The van der Waals surface area contributed by atoms with Crippen molar-refractivity contribution in [1.29, 1.82) is 0 Å². The Hall–Kier alpha value is -4.24. The molecule has 8 nitrogen and oxygen atoms in total. The Morgan fingerprint density at radius 1 is 0.971 bits per heavy atom. The molecule has 0 fully saturated rings. The Morgan fingerprint density at radius 2 is 1.68 bits per heavy atom. The van der Waals surface area contributed by atoms with Gasteiger partial charge in [-0.25, -0.2) is 18.4 Å². The van der Waals surface area contributed by atoms with E-state index in [1.165, 1.54) is 10.7 Å². The van der Waals surface area contributed by atoms with Gasteiger partial charge < -0.3 is 10.5 Å². The number of rotatable bonds is 5. The highest BCUT2D eigenvalue weighted by atomic mass is 32.2. The largest absolute Gasteiger partial charge is 0.496 e. The number of hydrogen-bond donors (Lipinski definition) is 1. The molecular formula is C25H21N5O3S. The van der Waals surface area contributed by atoms with Crippen molar-refractivity contribution in [2.45, 2.75) is 16.7 Å². The lowest BCUT2D eigenvalue weighted by atomic mass is 10.2. The minimum Gasteiger partial charge on any atom is -0.496 e. The van der Waals surface area contributed by atoms with Gasteiger partial charge in [0, 0.05) is 5.56 Å². The maximum atomic E-state index is 13.7. The average Bonchev–Trinajstić information content (AvgIpc) is 3.12. The molecule has 170 valence electrons. The molecule has 34 heavy (non-hydrogen) atoms. The summed E-state index contributed by atoms with van der Waals surface area (Å²) in [6.45, 7) is 1.83. The van der Waals surface area contributed by atoms with Crippen LogP contribution in [0.2, 0.25) is 0 Å². The van der Waals surface area contributed by atoms with Crippen LogP contribution in [-0.2, 0) is 9.84 Å². The van der Waals surface area contributed by atoms with E-state index in [0.717, 1.165) is 5.56 Å². The summed E-state index contributed by atoms with van der Waals surface area (Å²) >= 11 is 0. The van der Waals surface area contributed by atoms with E-state index in [0.29, 0.717) is 22.3 Å². The number of nitrogens with two attached hydrogens (primary N) is 1. The van der Waals surface area contributed by atoms with E-state index in [4.69, 9.17) is 10.5 Å². The van der Waals surface area contributed by atoms with Gasteiger partial charge in [0.1, 0.15) is 22.0 Å². The predicted octanol–water partition coefficient (Wildman–Crippen LogP) is 4.20. The SMILES string of the molecule is COc1ccccc1/C=N\n1c(N)c(S(=O)(=O)c2cccc(C)c2)c2nc3ccccc3nc21. The van der Waals surface area contributed by atoms with Gasteiger partial charge in [-0.05, 0) is 48.9 Å². The summed E-state index contributed by atoms with van der Waals surface area (Å²) in [5.74, 6) is 0.545. The zero-order chi connectivity index (χ0) is 23.9. The van der Waals surface area contributed by atoms with Crippen LogP contribution in [0, 0.1) is 6.92 Å². The van der Waals surface area contributed by atoms with Gasteiger partial charge in [-0.3, -0.25) is 0 Å². The summed E-state index contributed by atoms with van der Waals surface area (Å²) < 4.78 is 34.1. The standard InChI is InChI=1S/C25H21N5O3S/c1-16-8-7-10-18(14-16)34(31,32)23-22-25(29-20-12-5-4-11-19(20)28-22)30(24(23)26)27-15-17-9-3-6-13-21(17)33-2/h3-15H,26H2,1-2H3/b27-15-. The third-order valence-corrected chi connectivity index (χ3v) is 7.26. The molecule has 5 rings (SSSR count). The van der Waals surface area contributed by atoms with Crippen molar-refractivity contribution in [3.05, 3.63) is 83.9 Å². The van der Waals surface area contributed by atoms with E-state index in [1.807, 2.05) is 43.3 Å². The molecule has 0 saturated heterocycles. The summed E-state index contributed by atoms with van der Waals surface area (Å²) in [6.07, 6.45) is 1.55. The van der Waals surface area contributed by atoms with E-state index in [1.54, 1.807) is 43.7 Å². The molecule has 2 aromatic heterocycles. The van der Waals surface area contributed by atoms with Crippen LogP contribution >= 0.6 is 0 Å². The molecule has 0 radical (unpaired) electrons. The maximum Gasteiger partial charge on any atom is 0.212 e. The van der Waals surface area contributed by atoms with Gasteiger partial charge in [-0.15, -0.1) is 0 Å².